The van der Waals surface area contributed by atoms with Gasteiger partial charge in [0.2, 0.25) is 0 Å². The van der Waals surface area contributed by atoms with E-state index in [1.54, 1.807) is 15.9 Å². The molecule has 0 saturated heterocycles. The summed E-state index contributed by atoms with van der Waals surface area (Å²) in [4.78, 5) is 13.7. The van der Waals surface area contributed by atoms with Gasteiger partial charge in [-0.15, -0.1) is 11.3 Å². The molecule has 2 heterocycles. The van der Waals surface area contributed by atoms with Crippen molar-refractivity contribution < 1.29 is 0 Å². The number of nitrogen functional groups attached to an aromatic ring is 1. The average molecular weight is 270 g/mol. The number of nitrogens with two attached hydrogens (primary N) is 1. The number of aromatic nitrogens is 1. The predicted molar refractivity (Wildman–Crippen MR) is 80.8 cm³/mol. The first kappa shape index (κ1) is 12.0. The Kier molecular flexibility index (Phi) is 2.87. The van der Waals surface area contributed by atoms with Crippen LogP contribution in [0.15, 0.2) is 52.6 Å². The summed E-state index contributed by atoms with van der Waals surface area (Å²) in [6.07, 6.45) is 0. The van der Waals surface area contributed by atoms with Gasteiger partial charge in [-0.3, -0.25) is 9.36 Å². The number of hydrogen-bond donors (Lipinski definition) is 1. The summed E-state index contributed by atoms with van der Waals surface area (Å²) in [5.41, 5.74) is 6.03. The summed E-state index contributed by atoms with van der Waals surface area (Å²) in [6, 6.07) is 13.4. The topological polar surface area (TPSA) is 48.0 Å². The Morgan fingerprint density at radius 2 is 2.00 bits per heavy atom. The average Bonchev–Trinajstić information content (AvgIpc) is 2.92. The summed E-state index contributed by atoms with van der Waals surface area (Å²) >= 11 is 1.63. The molecule has 1 aromatic carbocycles. The van der Waals surface area contributed by atoms with Crippen LogP contribution in [0, 0.1) is 0 Å². The summed E-state index contributed by atoms with van der Waals surface area (Å²) in [6.45, 7) is 2.00. The van der Waals surface area contributed by atoms with E-state index in [9.17, 15) is 4.79 Å². The number of fused-ring (bicyclic) bond motifs is 1. The lowest BCUT2D eigenvalue weighted by Crippen LogP contribution is -2.26. The number of anilines is 1. The van der Waals surface area contributed by atoms with Gasteiger partial charge in [0, 0.05) is 10.3 Å². The molecule has 0 saturated carbocycles. The molecule has 19 heavy (non-hydrogen) atoms. The van der Waals surface area contributed by atoms with Gasteiger partial charge in [0.1, 0.15) is 5.82 Å². The van der Waals surface area contributed by atoms with Crippen LogP contribution in [0.4, 0.5) is 5.82 Å². The Morgan fingerprint density at radius 3 is 2.74 bits per heavy atom. The number of pyridine rings is 1. The second-order valence-corrected chi connectivity index (χ2v) is 5.50. The van der Waals surface area contributed by atoms with E-state index in [-0.39, 0.29) is 11.6 Å². The number of hydrogen-bond acceptors (Lipinski definition) is 3. The molecule has 0 aliphatic carbocycles. The first-order valence-corrected chi connectivity index (χ1v) is 6.99. The maximum Gasteiger partial charge on any atom is 0.260 e. The molecule has 0 aliphatic rings. The van der Waals surface area contributed by atoms with Gasteiger partial charge < -0.3 is 5.73 Å². The molecule has 0 fully saturated rings. The third-order valence-electron chi connectivity index (χ3n) is 3.33. The highest BCUT2D eigenvalue weighted by atomic mass is 32.1. The Balaban J connectivity index is 2.27. The molecule has 0 amide bonds. The number of benzene rings is 1. The lowest BCUT2D eigenvalue weighted by Gasteiger charge is -2.17. The van der Waals surface area contributed by atoms with E-state index in [4.69, 9.17) is 5.73 Å². The molecule has 0 aliphatic heterocycles. The van der Waals surface area contributed by atoms with Crippen molar-refractivity contribution in [3.05, 3.63) is 63.1 Å². The van der Waals surface area contributed by atoms with Gasteiger partial charge >= 0.3 is 0 Å². The first-order valence-electron chi connectivity index (χ1n) is 6.11. The molecule has 2 N–H and O–H groups in total. The van der Waals surface area contributed by atoms with Crippen molar-refractivity contribution in [2.24, 2.45) is 0 Å². The number of nitrogens with zero attached hydrogens (tertiary/aromatic N) is 1. The Labute approximate surface area is 114 Å². The monoisotopic (exact) mass is 270 g/mol. The fraction of sp³-hybridized carbons (Fsp3) is 0.133. The van der Waals surface area contributed by atoms with E-state index < -0.39 is 0 Å². The third-order valence-corrected chi connectivity index (χ3v) is 4.38. The largest absolute Gasteiger partial charge is 0.385 e. The van der Waals surface area contributed by atoms with Gasteiger partial charge in [-0.2, -0.15) is 0 Å². The summed E-state index contributed by atoms with van der Waals surface area (Å²) in [7, 11) is 0. The fourth-order valence-corrected chi connectivity index (χ4v) is 3.12. The van der Waals surface area contributed by atoms with Crippen LogP contribution in [0.3, 0.4) is 0 Å². The van der Waals surface area contributed by atoms with E-state index in [0.29, 0.717) is 11.2 Å². The van der Waals surface area contributed by atoms with Crippen LogP contribution in [0.2, 0.25) is 0 Å². The second-order valence-electron chi connectivity index (χ2n) is 4.52. The molecule has 3 rings (SSSR count). The molecule has 0 radical (unpaired) electrons. The van der Waals surface area contributed by atoms with Crippen LogP contribution in [0.25, 0.3) is 10.8 Å². The third kappa shape index (κ3) is 1.94. The minimum absolute atomic E-state index is 0.0310. The summed E-state index contributed by atoms with van der Waals surface area (Å²) < 4.78 is 1.66. The predicted octanol–water partition coefficient (Wildman–Crippen LogP) is 3.25. The molecule has 0 spiro atoms. The highest BCUT2D eigenvalue weighted by Gasteiger charge is 2.15. The van der Waals surface area contributed by atoms with Crippen LogP contribution in [0.1, 0.15) is 17.8 Å². The lowest BCUT2D eigenvalue weighted by atomic mass is 10.1. The van der Waals surface area contributed by atoms with Crippen molar-refractivity contribution in [3.63, 3.8) is 0 Å². The molecule has 3 nitrogen and oxygen atoms in total. The van der Waals surface area contributed by atoms with E-state index in [0.717, 1.165) is 10.3 Å². The molecule has 3 aromatic rings. The molecular weight excluding hydrogens is 256 g/mol. The standard InChI is InChI=1S/C15H14N2OS/c1-10(13-7-4-8-19-13)17-14(16)9-11-5-2-3-6-12(11)15(17)18/h2-10H,16H2,1H3. The Hall–Kier alpha value is -2.07. The van der Waals surface area contributed by atoms with Gasteiger partial charge in [-0.25, -0.2) is 0 Å². The van der Waals surface area contributed by atoms with Gasteiger partial charge in [0.15, 0.2) is 0 Å². The van der Waals surface area contributed by atoms with Gasteiger partial charge in [0.25, 0.3) is 5.56 Å². The smallest absolute Gasteiger partial charge is 0.260 e. The molecule has 1 atom stereocenters. The first-order chi connectivity index (χ1) is 9.18. The van der Waals surface area contributed by atoms with Crippen molar-refractivity contribution in [2.45, 2.75) is 13.0 Å². The Morgan fingerprint density at radius 1 is 1.21 bits per heavy atom. The zero-order valence-electron chi connectivity index (χ0n) is 10.5. The van der Waals surface area contributed by atoms with Crippen LogP contribution in [-0.2, 0) is 0 Å². The summed E-state index contributed by atoms with van der Waals surface area (Å²) in [5, 5.41) is 3.61. The number of rotatable bonds is 2. The zero-order valence-corrected chi connectivity index (χ0v) is 11.4. The van der Waals surface area contributed by atoms with E-state index in [1.807, 2.05) is 54.8 Å². The van der Waals surface area contributed by atoms with Crippen LogP contribution >= 0.6 is 11.3 Å². The minimum atomic E-state index is -0.0443. The minimum Gasteiger partial charge on any atom is -0.385 e. The van der Waals surface area contributed by atoms with Crippen molar-refractivity contribution in [1.29, 1.82) is 0 Å². The van der Waals surface area contributed by atoms with Gasteiger partial charge in [0.05, 0.1) is 6.04 Å². The zero-order chi connectivity index (χ0) is 13.4. The van der Waals surface area contributed by atoms with Crippen molar-refractivity contribution in [3.8, 4) is 0 Å². The second kappa shape index (κ2) is 4.55. The SMILES string of the molecule is CC(c1cccs1)n1c(N)cc2ccccc2c1=O. The van der Waals surface area contributed by atoms with E-state index >= 15 is 0 Å². The normalized spacial score (nSPS) is 12.7. The highest BCUT2D eigenvalue weighted by Crippen LogP contribution is 2.25. The number of thiophene rings is 1. The molecule has 1 unspecified atom stereocenters. The Bertz CT molecular complexity index is 774. The maximum atomic E-state index is 12.6. The van der Waals surface area contributed by atoms with Crippen LogP contribution in [0.5, 0.6) is 0 Å². The van der Waals surface area contributed by atoms with Gasteiger partial charge in [-0.1, -0.05) is 24.3 Å². The van der Waals surface area contributed by atoms with Crippen molar-refractivity contribution >= 4 is 27.9 Å². The molecule has 2 aromatic heterocycles. The van der Waals surface area contributed by atoms with Gasteiger partial charge in [-0.05, 0) is 35.9 Å². The van der Waals surface area contributed by atoms with E-state index in [2.05, 4.69) is 0 Å². The van der Waals surface area contributed by atoms with Crippen molar-refractivity contribution in [1.82, 2.24) is 4.57 Å². The fourth-order valence-electron chi connectivity index (χ4n) is 2.35. The van der Waals surface area contributed by atoms with Crippen LogP contribution < -0.4 is 11.3 Å². The molecule has 96 valence electrons. The molecule has 0 bridgehead atoms. The van der Waals surface area contributed by atoms with E-state index in [1.165, 1.54) is 0 Å². The molecule has 4 heteroatoms. The summed E-state index contributed by atoms with van der Waals surface area (Å²) in [5.74, 6) is 0.504. The molecular formula is C15H14N2OS. The quantitative estimate of drug-likeness (QED) is 0.777. The van der Waals surface area contributed by atoms with Crippen LogP contribution in [-0.4, -0.2) is 4.57 Å². The highest BCUT2D eigenvalue weighted by molar-refractivity contribution is 7.10. The lowest BCUT2D eigenvalue weighted by molar-refractivity contribution is 0.640. The van der Waals surface area contributed by atoms with Crippen molar-refractivity contribution in [2.75, 3.05) is 5.73 Å². The maximum absolute atomic E-state index is 12.6.